The number of carbonyl (C=O) groups excluding carboxylic acids is 1. The molecule has 0 bridgehead atoms. The number of nitrogens with one attached hydrogen (secondary N) is 2. The van der Waals surface area contributed by atoms with Gasteiger partial charge >= 0.3 is 0 Å². The number of nitrogens with two attached hydrogens (primary N) is 1. The van der Waals surface area contributed by atoms with Crippen LogP contribution in [0.1, 0.15) is 12.0 Å². The zero-order valence-electron chi connectivity index (χ0n) is 17.5. The quantitative estimate of drug-likeness (QED) is 0.189. The molecule has 2 heterocycles. The van der Waals surface area contributed by atoms with Gasteiger partial charge in [0, 0.05) is 36.4 Å². The van der Waals surface area contributed by atoms with Gasteiger partial charge in [0.1, 0.15) is 0 Å². The summed E-state index contributed by atoms with van der Waals surface area (Å²) in [7, 11) is 0. The van der Waals surface area contributed by atoms with Crippen LogP contribution in [0.25, 0.3) is 17.0 Å². The fourth-order valence-corrected chi connectivity index (χ4v) is 4.70. The number of halogens is 3. The van der Waals surface area contributed by atoms with Crippen LogP contribution < -0.4 is 16.0 Å². The summed E-state index contributed by atoms with van der Waals surface area (Å²) in [5, 5.41) is 4.35. The lowest BCUT2D eigenvalue weighted by Gasteiger charge is -2.44. The van der Waals surface area contributed by atoms with Crippen LogP contribution in [0.15, 0.2) is 60.8 Å². The second kappa shape index (κ2) is 9.81. The Morgan fingerprint density at radius 1 is 1.15 bits per heavy atom. The maximum atomic E-state index is 12.7. The number of hydrogen-bond acceptors (Lipinski definition) is 3. The minimum atomic E-state index is -1.81. The zero-order valence-corrected chi connectivity index (χ0v) is 20.6. The van der Waals surface area contributed by atoms with Crippen molar-refractivity contribution in [1.29, 1.82) is 0 Å². The Bertz CT molecular complexity index is 1190. The smallest absolute Gasteiger partial charge is 0.245 e. The lowest BCUT2D eigenvalue weighted by molar-refractivity contribution is -0.117. The Morgan fingerprint density at radius 2 is 1.91 bits per heavy atom. The molecule has 4 rings (SSSR count). The Balaban J connectivity index is 1.55. The number of alkyl halides is 3. The van der Waals surface area contributed by atoms with E-state index in [0.717, 1.165) is 28.6 Å². The van der Waals surface area contributed by atoms with E-state index in [-0.39, 0.29) is 0 Å². The molecule has 1 unspecified atom stereocenters. The summed E-state index contributed by atoms with van der Waals surface area (Å²) < 4.78 is -1.81. The van der Waals surface area contributed by atoms with E-state index in [1.165, 1.54) is 6.08 Å². The second-order valence-electron chi connectivity index (χ2n) is 7.65. The third kappa shape index (κ3) is 5.38. The number of amides is 1. The number of anilines is 2. The van der Waals surface area contributed by atoms with Crippen LogP contribution in [-0.2, 0) is 4.79 Å². The summed E-state index contributed by atoms with van der Waals surface area (Å²) >= 11 is 24.7. The van der Waals surface area contributed by atoms with E-state index in [4.69, 9.17) is 52.8 Å². The fourth-order valence-electron chi connectivity index (χ4n) is 3.80. The molecule has 6 nitrogen and oxygen atoms in total. The van der Waals surface area contributed by atoms with E-state index < -0.39 is 15.9 Å². The van der Waals surface area contributed by atoms with Crippen molar-refractivity contribution >= 4 is 86.4 Å². The van der Waals surface area contributed by atoms with Gasteiger partial charge in [-0.15, -0.1) is 0 Å². The number of aromatic nitrogens is 1. The van der Waals surface area contributed by atoms with Crippen LogP contribution in [0.3, 0.4) is 0 Å². The molecule has 1 saturated heterocycles. The number of rotatable bonds is 5. The molecule has 1 atom stereocenters. The molecule has 1 aliphatic heterocycles. The van der Waals surface area contributed by atoms with Crippen molar-refractivity contribution in [2.45, 2.75) is 16.4 Å². The average Bonchev–Trinajstić information content (AvgIpc) is 3.26. The minimum Gasteiger partial charge on any atom is -0.399 e. The molecule has 0 aliphatic carbocycles. The first-order valence-corrected chi connectivity index (χ1v) is 11.8. The van der Waals surface area contributed by atoms with Crippen molar-refractivity contribution in [3.63, 3.8) is 0 Å². The summed E-state index contributed by atoms with van der Waals surface area (Å²) in [6.07, 6.45) is 4.75. The molecule has 0 spiro atoms. The van der Waals surface area contributed by atoms with Gasteiger partial charge in [-0.3, -0.25) is 4.79 Å². The molecule has 0 saturated carbocycles. The molecule has 10 heteroatoms. The second-order valence-corrected chi connectivity index (χ2v) is 10.4. The number of benzene rings is 2. The highest BCUT2D eigenvalue weighted by Gasteiger charge is 2.42. The Morgan fingerprint density at radius 3 is 2.64 bits per heavy atom. The van der Waals surface area contributed by atoms with Crippen molar-refractivity contribution in [3.8, 4) is 0 Å². The zero-order chi connectivity index (χ0) is 23.6. The number of para-hydroxylation sites is 1. The van der Waals surface area contributed by atoms with Gasteiger partial charge < -0.3 is 25.8 Å². The maximum Gasteiger partial charge on any atom is 0.245 e. The summed E-state index contributed by atoms with van der Waals surface area (Å²) in [6, 6.07) is 15.1. The first-order valence-electron chi connectivity index (χ1n) is 10.3. The Kier molecular flexibility index (Phi) is 7.05. The van der Waals surface area contributed by atoms with Gasteiger partial charge in [-0.2, -0.15) is 0 Å². The fraction of sp³-hybridized carbons (Fsp3) is 0.217. The van der Waals surface area contributed by atoms with E-state index in [0.29, 0.717) is 23.9 Å². The van der Waals surface area contributed by atoms with Gasteiger partial charge in [0.2, 0.25) is 9.70 Å². The van der Waals surface area contributed by atoms with E-state index in [1.54, 1.807) is 23.1 Å². The number of aromatic amines is 1. The molecule has 0 radical (unpaired) electrons. The van der Waals surface area contributed by atoms with Crippen LogP contribution in [-0.4, -0.2) is 44.0 Å². The van der Waals surface area contributed by atoms with Crippen molar-refractivity contribution in [1.82, 2.24) is 15.2 Å². The van der Waals surface area contributed by atoms with E-state index in [9.17, 15) is 4.79 Å². The Labute approximate surface area is 212 Å². The van der Waals surface area contributed by atoms with E-state index in [2.05, 4.69) is 10.3 Å². The minimum absolute atomic E-state index is 0.408. The predicted molar refractivity (Wildman–Crippen MR) is 142 cm³/mol. The average molecular weight is 523 g/mol. The van der Waals surface area contributed by atoms with Crippen LogP contribution in [0.4, 0.5) is 11.4 Å². The van der Waals surface area contributed by atoms with Gasteiger partial charge in [0.25, 0.3) is 0 Å². The third-order valence-corrected chi connectivity index (χ3v) is 6.45. The first-order chi connectivity index (χ1) is 15.7. The van der Waals surface area contributed by atoms with Gasteiger partial charge in [-0.25, -0.2) is 0 Å². The van der Waals surface area contributed by atoms with Crippen LogP contribution in [0, 0.1) is 0 Å². The van der Waals surface area contributed by atoms with Crippen molar-refractivity contribution < 1.29 is 4.79 Å². The van der Waals surface area contributed by atoms with Crippen molar-refractivity contribution in [3.05, 3.63) is 66.4 Å². The third-order valence-electron chi connectivity index (χ3n) is 5.38. The largest absolute Gasteiger partial charge is 0.399 e. The molecule has 33 heavy (non-hydrogen) atoms. The highest BCUT2D eigenvalue weighted by molar-refractivity contribution is 7.80. The summed E-state index contributed by atoms with van der Waals surface area (Å²) in [4.78, 5) is 19.7. The van der Waals surface area contributed by atoms with Crippen molar-refractivity contribution in [2.24, 2.45) is 0 Å². The van der Waals surface area contributed by atoms with E-state index >= 15 is 0 Å². The maximum absolute atomic E-state index is 12.7. The van der Waals surface area contributed by atoms with Crippen LogP contribution in [0.5, 0.6) is 0 Å². The highest BCUT2D eigenvalue weighted by Crippen LogP contribution is 2.35. The summed E-state index contributed by atoms with van der Waals surface area (Å²) in [5.74, 6) is -0.408. The standard InChI is InChI=1S/C23H22Cl3N5OS/c24-23(25,26)21(29-19(32)10-7-15-5-8-17(27)9-6-15)31-14-2-13-30(22(31)33)18-4-1-3-16-11-12-28-20(16)18/h1,3-12,21,28H,2,13-14,27H2,(H,29,32)/b10-7+. The lowest BCUT2D eigenvalue weighted by atomic mass is 10.2. The molecule has 1 amide bonds. The molecular formula is C23H22Cl3N5OS. The summed E-state index contributed by atoms with van der Waals surface area (Å²) in [5.41, 5.74) is 9.08. The number of thiocarbonyl (C=S) groups is 1. The number of H-pyrrole nitrogens is 1. The molecule has 4 N–H and O–H groups in total. The van der Waals surface area contributed by atoms with Gasteiger partial charge in [-0.1, -0.05) is 59.1 Å². The number of nitrogens with zero attached hydrogens (tertiary/aromatic N) is 2. The number of carbonyl (C=O) groups is 1. The molecule has 1 aliphatic rings. The molecule has 2 aromatic carbocycles. The molecule has 1 aromatic heterocycles. The van der Waals surface area contributed by atoms with Crippen molar-refractivity contribution in [2.75, 3.05) is 23.7 Å². The van der Waals surface area contributed by atoms with Gasteiger partial charge in [0.05, 0.1) is 11.2 Å². The summed E-state index contributed by atoms with van der Waals surface area (Å²) in [6.45, 7) is 1.25. The predicted octanol–water partition coefficient (Wildman–Crippen LogP) is 5.07. The molecular weight excluding hydrogens is 501 g/mol. The number of hydrogen-bond donors (Lipinski definition) is 3. The van der Waals surface area contributed by atoms with Gasteiger partial charge in [-0.05, 0) is 54.5 Å². The van der Waals surface area contributed by atoms with Gasteiger partial charge in [0.15, 0.2) is 11.3 Å². The van der Waals surface area contributed by atoms with E-state index in [1.807, 2.05) is 47.5 Å². The Hall–Kier alpha value is -2.45. The topological polar surface area (TPSA) is 77.4 Å². The molecule has 172 valence electrons. The normalized spacial score (nSPS) is 15.9. The number of fused-ring (bicyclic) bond motifs is 1. The SMILES string of the molecule is Nc1ccc(/C=C/C(=O)NC(N2CCCN(c3cccc4cc[nH]c34)C2=S)C(Cl)(Cl)Cl)cc1. The first kappa shape index (κ1) is 23.7. The monoisotopic (exact) mass is 521 g/mol. The lowest BCUT2D eigenvalue weighted by Crippen LogP contribution is -2.62. The molecule has 3 aromatic rings. The van der Waals surface area contributed by atoms with Crippen LogP contribution in [0.2, 0.25) is 0 Å². The molecule has 1 fully saturated rings. The highest BCUT2D eigenvalue weighted by atomic mass is 35.6. The van der Waals surface area contributed by atoms with Crippen LogP contribution >= 0.6 is 47.0 Å². The number of nitrogen functional groups attached to an aromatic ring is 1.